The number of hydrogen-bond donors (Lipinski definition) is 2. The van der Waals surface area contributed by atoms with Gasteiger partial charge in [-0.25, -0.2) is 4.98 Å². The minimum absolute atomic E-state index is 0.264. The van der Waals surface area contributed by atoms with Gasteiger partial charge in [0.05, 0.1) is 17.2 Å². The molecule has 0 aromatic carbocycles. The molecule has 1 aliphatic rings. The Morgan fingerprint density at radius 3 is 2.56 bits per heavy atom. The molecule has 0 amide bonds. The summed E-state index contributed by atoms with van der Waals surface area (Å²) >= 11 is 1.03. The van der Waals surface area contributed by atoms with Gasteiger partial charge in [0.15, 0.2) is 11.7 Å². The van der Waals surface area contributed by atoms with E-state index in [4.69, 9.17) is 4.74 Å². The fourth-order valence-corrected chi connectivity index (χ4v) is 3.85. The van der Waals surface area contributed by atoms with Crippen molar-refractivity contribution in [2.24, 2.45) is 4.99 Å². The minimum atomic E-state index is -4.38. The fourth-order valence-electron chi connectivity index (χ4n) is 3.04. The molecule has 0 radical (unpaired) electrons. The molecule has 1 saturated heterocycles. The maximum Gasteiger partial charge on any atom is 0.434 e. The number of guanidine groups is 1. The maximum absolute atomic E-state index is 12.5. The molecule has 2 rings (SSSR count). The van der Waals surface area contributed by atoms with E-state index in [1.165, 1.54) is 0 Å². The van der Waals surface area contributed by atoms with Gasteiger partial charge >= 0.3 is 6.18 Å². The van der Waals surface area contributed by atoms with Crippen LogP contribution >= 0.6 is 11.3 Å². The summed E-state index contributed by atoms with van der Waals surface area (Å²) in [6.07, 6.45) is -2.46. The topological polar surface area (TPSA) is 61.8 Å². The Bertz CT molecular complexity index is 598. The lowest BCUT2D eigenvalue weighted by atomic mass is 10.2. The normalized spacial score (nSPS) is 22.1. The molecule has 1 aromatic heterocycles. The molecule has 2 atom stereocenters. The summed E-state index contributed by atoms with van der Waals surface area (Å²) in [5, 5.41) is 7.85. The van der Waals surface area contributed by atoms with Gasteiger partial charge in [0.2, 0.25) is 0 Å². The van der Waals surface area contributed by atoms with Crippen molar-refractivity contribution >= 4 is 17.3 Å². The number of rotatable bonds is 7. The van der Waals surface area contributed by atoms with Gasteiger partial charge in [-0.1, -0.05) is 0 Å². The van der Waals surface area contributed by atoms with Gasteiger partial charge in [-0.15, -0.1) is 11.3 Å². The Balaban J connectivity index is 1.62. The van der Waals surface area contributed by atoms with E-state index in [1.807, 2.05) is 0 Å². The molecule has 0 saturated carbocycles. The van der Waals surface area contributed by atoms with Crippen LogP contribution in [-0.2, 0) is 17.3 Å². The Morgan fingerprint density at radius 1 is 1.30 bits per heavy atom. The lowest BCUT2D eigenvalue weighted by Gasteiger charge is -2.35. The Hall–Kier alpha value is -1.39. The van der Waals surface area contributed by atoms with Crippen molar-refractivity contribution in [1.29, 1.82) is 0 Å². The second kappa shape index (κ2) is 10.2. The summed E-state index contributed by atoms with van der Waals surface area (Å²) in [4.78, 5) is 10.2. The molecule has 2 unspecified atom stereocenters. The van der Waals surface area contributed by atoms with Crippen molar-refractivity contribution in [2.75, 3.05) is 39.8 Å². The van der Waals surface area contributed by atoms with Crippen LogP contribution in [0.4, 0.5) is 13.2 Å². The minimum Gasteiger partial charge on any atom is -0.373 e. The van der Waals surface area contributed by atoms with Crippen LogP contribution in [0.3, 0.4) is 0 Å². The SMILES string of the molecule is CN=C(NCCCN1CC(C)OC(C)C1)NCCc1nc(C(F)(F)F)cs1. The third kappa shape index (κ3) is 7.63. The molecule has 1 fully saturated rings. The zero-order valence-corrected chi connectivity index (χ0v) is 16.8. The van der Waals surface area contributed by atoms with E-state index >= 15 is 0 Å². The van der Waals surface area contributed by atoms with Crippen LogP contribution in [0.25, 0.3) is 0 Å². The van der Waals surface area contributed by atoms with Gasteiger partial charge < -0.3 is 15.4 Å². The summed E-state index contributed by atoms with van der Waals surface area (Å²) in [6.45, 7) is 8.31. The van der Waals surface area contributed by atoms with Crippen molar-refractivity contribution in [3.8, 4) is 0 Å². The van der Waals surface area contributed by atoms with Gasteiger partial charge in [-0.3, -0.25) is 9.89 Å². The number of alkyl halides is 3. The van der Waals surface area contributed by atoms with E-state index in [0.717, 1.165) is 49.3 Å². The van der Waals surface area contributed by atoms with Crippen molar-refractivity contribution in [2.45, 2.75) is 45.1 Å². The number of morpholine rings is 1. The largest absolute Gasteiger partial charge is 0.434 e. The first-order valence-corrected chi connectivity index (χ1v) is 10.00. The molecule has 154 valence electrons. The van der Waals surface area contributed by atoms with E-state index in [1.54, 1.807) is 7.05 Å². The van der Waals surface area contributed by atoms with Crippen LogP contribution in [0.2, 0.25) is 0 Å². The second-order valence-electron chi connectivity index (χ2n) is 6.67. The van der Waals surface area contributed by atoms with Gasteiger partial charge in [0.1, 0.15) is 0 Å². The van der Waals surface area contributed by atoms with E-state index in [-0.39, 0.29) is 12.2 Å². The lowest BCUT2D eigenvalue weighted by Crippen LogP contribution is -2.46. The third-order valence-corrected chi connectivity index (χ3v) is 5.04. The molecular weight excluding hydrogens is 379 g/mol. The van der Waals surface area contributed by atoms with E-state index in [9.17, 15) is 13.2 Å². The molecule has 0 spiro atoms. The number of thiazole rings is 1. The molecule has 6 nitrogen and oxygen atoms in total. The van der Waals surface area contributed by atoms with Crippen LogP contribution in [0, 0.1) is 0 Å². The average Bonchev–Trinajstić information content (AvgIpc) is 3.05. The summed E-state index contributed by atoms with van der Waals surface area (Å²) < 4.78 is 43.4. The first-order chi connectivity index (χ1) is 12.8. The first-order valence-electron chi connectivity index (χ1n) is 9.12. The monoisotopic (exact) mass is 407 g/mol. The highest BCUT2D eigenvalue weighted by Gasteiger charge is 2.33. The summed E-state index contributed by atoms with van der Waals surface area (Å²) in [5.74, 6) is 0.645. The average molecular weight is 408 g/mol. The van der Waals surface area contributed by atoms with Crippen LogP contribution < -0.4 is 10.6 Å². The van der Waals surface area contributed by atoms with E-state index in [2.05, 4.69) is 39.4 Å². The molecule has 2 N–H and O–H groups in total. The number of hydrogen-bond acceptors (Lipinski definition) is 5. The summed E-state index contributed by atoms with van der Waals surface area (Å²) in [6, 6.07) is 0. The third-order valence-electron chi connectivity index (χ3n) is 4.14. The Kier molecular flexibility index (Phi) is 8.30. The van der Waals surface area contributed by atoms with E-state index in [0.29, 0.717) is 23.9 Å². The quantitative estimate of drug-likeness (QED) is 0.413. The number of halogens is 3. The molecule has 0 bridgehead atoms. The van der Waals surface area contributed by atoms with Crippen molar-refractivity contribution in [1.82, 2.24) is 20.5 Å². The number of aromatic nitrogens is 1. The molecule has 27 heavy (non-hydrogen) atoms. The number of ether oxygens (including phenoxy) is 1. The second-order valence-corrected chi connectivity index (χ2v) is 7.61. The smallest absolute Gasteiger partial charge is 0.373 e. The van der Waals surface area contributed by atoms with Crippen molar-refractivity contribution < 1.29 is 17.9 Å². The van der Waals surface area contributed by atoms with Gasteiger partial charge in [0, 0.05) is 51.6 Å². The lowest BCUT2D eigenvalue weighted by molar-refractivity contribution is -0.140. The van der Waals surface area contributed by atoms with Crippen molar-refractivity contribution in [3.05, 3.63) is 16.1 Å². The van der Waals surface area contributed by atoms with E-state index < -0.39 is 11.9 Å². The highest BCUT2D eigenvalue weighted by molar-refractivity contribution is 7.09. The molecule has 10 heteroatoms. The Morgan fingerprint density at radius 2 is 1.96 bits per heavy atom. The number of nitrogens with zero attached hydrogens (tertiary/aromatic N) is 3. The maximum atomic E-state index is 12.5. The molecule has 1 aliphatic heterocycles. The zero-order valence-electron chi connectivity index (χ0n) is 16.0. The van der Waals surface area contributed by atoms with Gasteiger partial charge in [-0.05, 0) is 20.3 Å². The van der Waals surface area contributed by atoms with Crippen molar-refractivity contribution in [3.63, 3.8) is 0 Å². The Labute approximate surface area is 162 Å². The fraction of sp³-hybridized carbons (Fsp3) is 0.765. The van der Waals surface area contributed by atoms with Crippen LogP contribution in [0.1, 0.15) is 31.0 Å². The molecule has 2 heterocycles. The molecular formula is C17H28F3N5OS. The highest BCUT2D eigenvalue weighted by Crippen LogP contribution is 2.29. The summed E-state index contributed by atoms with van der Waals surface area (Å²) in [5.41, 5.74) is -0.822. The van der Waals surface area contributed by atoms with Crippen LogP contribution in [0.15, 0.2) is 10.4 Å². The van der Waals surface area contributed by atoms with Gasteiger partial charge in [0.25, 0.3) is 0 Å². The standard InChI is InChI=1S/C17H28F3N5OS/c1-12-9-25(10-13(2)26-12)8-4-6-22-16(21-3)23-7-5-15-24-14(11-27-15)17(18,19)20/h11-13H,4-10H2,1-3H3,(H2,21,22,23). The first kappa shape index (κ1) is 21.9. The van der Waals surface area contributed by atoms with Gasteiger partial charge in [-0.2, -0.15) is 13.2 Å². The zero-order chi connectivity index (χ0) is 19.9. The highest BCUT2D eigenvalue weighted by atomic mass is 32.1. The predicted octanol–water partition coefficient (Wildman–Crippen LogP) is 2.37. The molecule has 1 aromatic rings. The number of nitrogens with one attached hydrogen (secondary N) is 2. The summed E-state index contributed by atoms with van der Waals surface area (Å²) in [7, 11) is 1.67. The van der Waals surface area contributed by atoms with Crippen LogP contribution in [0.5, 0.6) is 0 Å². The predicted molar refractivity (Wildman–Crippen MR) is 101 cm³/mol. The molecule has 0 aliphatic carbocycles. The van der Waals surface area contributed by atoms with Crippen LogP contribution in [-0.4, -0.2) is 67.8 Å². The number of aliphatic imine (C=N–C) groups is 1.